The fourth-order valence-electron chi connectivity index (χ4n) is 2.87. The molecule has 2 aromatic carbocycles. The zero-order valence-corrected chi connectivity index (χ0v) is 16.3. The number of rotatable bonds is 8. The van der Waals surface area contributed by atoms with E-state index in [1.807, 2.05) is 0 Å². The first-order valence-corrected chi connectivity index (χ1v) is 9.41. The molecule has 0 bridgehead atoms. The zero-order valence-electron chi connectivity index (χ0n) is 16.3. The highest BCUT2D eigenvalue weighted by atomic mass is 19.1. The van der Waals surface area contributed by atoms with E-state index in [1.54, 1.807) is 41.2 Å². The van der Waals surface area contributed by atoms with E-state index in [1.165, 1.54) is 30.5 Å². The lowest BCUT2D eigenvalue weighted by atomic mass is 10.1. The number of nitrogens with one attached hydrogen (secondary N) is 1. The number of anilines is 1. The number of nitrogens with zero attached hydrogens (tertiary/aromatic N) is 3. The van der Waals surface area contributed by atoms with Crippen LogP contribution in [-0.2, 0) is 22.7 Å². The van der Waals surface area contributed by atoms with Gasteiger partial charge in [-0.25, -0.2) is 8.78 Å². The van der Waals surface area contributed by atoms with Crippen LogP contribution in [0.3, 0.4) is 0 Å². The second-order valence-corrected chi connectivity index (χ2v) is 6.78. The summed E-state index contributed by atoms with van der Waals surface area (Å²) in [4.78, 5) is 12.1. The molecule has 2 heterocycles. The van der Waals surface area contributed by atoms with Crippen LogP contribution < -0.4 is 5.32 Å². The molecule has 31 heavy (non-hydrogen) atoms. The third-order valence-electron chi connectivity index (χ3n) is 4.35. The normalized spacial score (nSPS) is 10.9. The number of hydrogen-bond acceptors (Lipinski definition) is 5. The molecular weight excluding hydrogens is 406 g/mol. The van der Waals surface area contributed by atoms with Gasteiger partial charge in [-0.2, -0.15) is 5.10 Å². The van der Waals surface area contributed by atoms with Gasteiger partial charge in [-0.3, -0.25) is 9.48 Å². The van der Waals surface area contributed by atoms with E-state index >= 15 is 0 Å². The Labute approximate surface area is 176 Å². The second-order valence-electron chi connectivity index (χ2n) is 6.78. The van der Waals surface area contributed by atoms with Crippen LogP contribution in [0.2, 0.25) is 0 Å². The fraction of sp³-hybridized carbons (Fsp3) is 0.136. The van der Waals surface area contributed by atoms with Crippen LogP contribution in [0, 0.1) is 11.6 Å². The van der Waals surface area contributed by atoms with E-state index in [9.17, 15) is 13.6 Å². The SMILES string of the molecule is O=C(COCc1cc(-c2ccc(F)cc2)on1)Nc1cnn(Cc2ccc(F)cc2)c1. The van der Waals surface area contributed by atoms with Crippen LogP contribution in [0.5, 0.6) is 0 Å². The summed E-state index contributed by atoms with van der Waals surface area (Å²) in [6.45, 7) is 0.360. The highest BCUT2D eigenvalue weighted by Crippen LogP contribution is 2.20. The molecule has 0 saturated heterocycles. The van der Waals surface area contributed by atoms with Gasteiger partial charge in [0.15, 0.2) is 5.76 Å². The Bertz CT molecular complexity index is 1150. The molecular formula is C22H18F2N4O3. The van der Waals surface area contributed by atoms with Crippen molar-refractivity contribution in [1.82, 2.24) is 14.9 Å². The maximum Gasteiger partial charge on any atom is 0.250 e. The smallest absolute Gasteiger partial charge is 0.250 e. The third-order valence-corrected chi connectivity index (χ3v) is 4.35. The van der Waals surface area contributed by atoms with Gasteiger partial charge in [0, 0.05) is 17.8 Å². The molecule has 0 aliphatic rings. The molecule has 0 saturated carbocycles. The van der Waals surface area contributed by atoms with Gasteiger partial charge >= 0.3 is 0 Å². The molecule has 0 radical (unpaired) electrons. The largest absolute Gasteiger partial charge is 0.365 e. The molecule has 0 aliphatic heterocycles. The van der Waals surface area contributed by atoms with Gasteiger partial charge in [0.1, 0.15) is 23.9 Å². The number of aromatic nitrogens is 3. The van der Waals surface area contributed by atoms with Crippen molar-refractivity contribution in [1.29, 1.82) is 0 Å². The molecule has 1 amide bonds. The van der Waals surface area contributed by atoms with Crippen LogP contribution in [0.25, 0.3) is 11.3 Å². The van der Waals surface area contributed by atoms with Gasteiger partial charge in [0.05, 0.1) is 25.0 Å². The van der Waals surface area contributed by atoms with Crippen molar-refractivity contribution in [2.75, 3.05) is 11.9 Å². The van der Waals surface area contributed by atoms with Crippen LogP contribution in [-0.4, -0.2) is 27.5 Å². The summed E-state index contributed by atoms with van der Waals surface area (Å²) in [5, 5.41) is 10.7. The Morgan fingerprint density at radius 3 is 2.52 bits per heavy atom. The number of halogens is 2. The van der Waals surface area contributed by atoms with Gasteiger partial charge in [0.25, 0.3) is 0 Å². The van der Waals surface area contributed by atoms with Gasteiger partial charge in [-0.15, -0.1) is 0 Å². The summed E-state index contributed by atoms with van der Waals surface area (Å²) >= 11 is 0. The van der Waals surface area contributed by atoms with Crippen LogP contribution in [0.1, 0.15) is 11.3 Å². The lowest BCUT2D eigenvalue weighted by molar-refractivity contribution is -0.121. The topological polar surface area (TPSA) is 82.2 Å². The molecule has 0 unspecified atom stereocenters. The highest BCUT2D eigenvalue weighted by Gasteiger charge is 2.09. The number of hydrogen-bond donors (Lipinski definition) is 1. The van der Waals surface area contributed by atoms with E-state index in [4.69, 9.17) is 9.26 Å². The Morgan fingerprint density at radius 1 is 1.06 bits per heavy atom. The monoisotopic (exact) mass is 424 g/mol. The molecule has 0 aliphatic carbocycles. The molecule has 0 atom stereocenters. The zero-order chi connectivity index (χ0) is 21.6. The maximum absolute atomic E-state index is 13.0. The summed E-state index contributed by atoms with van der Waals surface area (Å²) in [5.74, 6) is -0.492. The first kappa shape index (κ1) is 20.4. The van der Waals surface area contributed by atoms with E-state index in [0.717, 1.165) is 5.56 Å². The summed E-state index contributed by atoms with van der Waals surface area (Å²) < 4.78 is 38.2. The lowest BCUT2D eigenvalue weighted by Gasteiger charge is -2.03. The number of ether oxygens (including phenoxy) is 1. The molecule has 7 nitrogen and oxygen atoms in total. The fourth-order valence-corrected chi connectivity index (χ4v) is 2.87. The van der Waals surface area contributed by atoms with E-state index in [-0.39, 0.29) is 30.8 Å². The van der Waals surface area contributed by atoms with Crippen LogP contribution in [0.15, 0.2) is 71.5 Å². The number of amides is 1. The Balaban J connectivity index is 1.23. The number of carbonyl (C=O) groups excluding carboxylic acids is 1. The van der Waals surface area contributed by atoms with Gasteiger partial charge in [-0.1, -0.05) is 17.3 Å². The standard InChI is InChI=1S/C22H18F2N4O3/c23-17-5-1-15(2-6-17)11-28-12-20(10-25-28)26-22(29)14-30-13-19-9-21(31-27-19)16-3-7-18(24)8-4-16/h1-10,12H,11,13-14H2,(H,26,29). The molecule has 1 N–H and O–H groups in total. The molecule has 0 fully saturated rings. The minimum atomic E-state index is -0.344. The average molecular weight is 424 g/mol. The van der Waals surface area contributed by atoms with Crippen molar-refractivity contribution in [2.24, 2.45) is 0 Å². The average Bonchev–Trinajstić information content (AvgIpc) is 3.40. The van der Waals surface area contributed by atoms with Crippen molar-refractivity contribution >= 4 is 11.6 Å². The molecule has 0 spiro atoms. The third kappa shape index (κ3) is 5.61. The number of carbonyl (C=O) groups is 1. The highest BCUT2D eigenvalue weighted by molar-refractivity contribution is 5.91. The minimum Gasteiger partial charge on any atom is -0.365 e. The molecule has 2 aromatic heterocycles. The van der Waals surface area contributed by atoms with Gasteiger partial charge in [0.2, 0.25) is 5.91 Å². The summed E-state index contributed by atoms with van der Waals surface area (Å²) in [6, 6.07) is 13.6. The second kappa shape index (κ2) is 9.31. The van der Waals surface area contributed by atoms with Crippen LogP contribution in [0.4, 0.5) is 14.5 Å². The van der Waals surface area contributed by atoms with Crippen molar-refractivity contribution in [2.45, 2.75) is 13.2 Å². The Morgan fingerprint density at radius 2 is 1.77 bits per heavy atom. The molecule has 4 aromatic rings. The lowest BCUT2D eigenvalue weighted by Crippen LogP contribution is -2.18. The number of benzene rings is 2. The first-order chi connectivity index (χ1) is 15.0. The maximum atomic E-state index is 13.0. The van der Waals surface area contributed by atoms with Crippen LogP contribution >= 0.6 is 0 Å². The van der Waals surface area contributed by atoms with Crippen molar-refractivity contribution in [3.05, 3.63) is 89.9 Å². The van der Waals surface area contributed by atoms with Crippen molar-refractivity contribution < 1.29 is 22.8 Å². The summed E-state index contributed by atoms with van der Waals surface area (Å²) in [6.07, 6.45) is 3.20. The van der Waals surface area contributed by atoms with Gasteiger partial charge in [-0.05, 0) is 42.0 Å². The molecule has 158 valence electrons. The summed E-state index contributed by atoms with van der Waals surface area (Å²) in [7, 11) is 0. The van der Waals surface area contributed by atoms with E-state index in [0.29, 0.717) is 29.2 Å². The van der Waals surface area contributed by atoms with Crippen molar-refractivity contribution in [3.8, 4) is 11.3 Å². The minimum absolute atomic E-state index is 0.0853. The van der Waals surface area contributed by atoms with E-state index < -0.39 is 0 Å². The van der Waals surface area contributed by atoms with Crippen molar-refractivity contribution in [3.63, 3.8) is 0 Å². The predicted octanol–water partition coefficient (Wildman–Crippen LogP) is 4.02. The Hall–Kier alpha value is -3.85. The molecule has 9 heteroatoms. The quantitative estimate of drug-likeness (QED) is 0.462. The molecule has 4 rings (SSSR count). The summed E-state index contributed by atoms with van der Waals surface area (Å²) in [5.41, 5.74) is 2.61. The first-order valence-electron chi connectivity index (χ1n) is 9.41. The Kier molecular flexibility index (Phi) is 6.13. The predicted molar refractivity (Wildman–Crippen MR) is 108 cm³/mol. The van der Waals surface area contributed by atoms with Gasteiger partial charge < -0.3 is 14.6 Å². The van der Waals surface area contributed by atoms with E-state index in [2.05, 4.69) is 15.6 Å².